The fraction of sp³-hybridized carbons (Fsp3) is 0.182. The Bertz CT molecular complexity index is 1280. The SMILES string of the molecule is [C-]#[N+]c1c(CC)cccc1C(=NC)/C(=C\N)c1cc(F)c2c(=O)[nH]nc(CN)c2c1. The number of para-hydroxylation sites is 1. The van der Waals surface area contributed by atoms with Gasteiger partial charge in [0.25, 0.3) is 5.56 Å². The maximum absolute atomic E-state index is 14.9. The maximum Gasteiger partial charge on any atom is 0.275 e. The van der Waals surface area contributed by atoms with E-state index in [0.29, 0.717) is 45.6 Å². The molecular weight excluding hydrogens is 383 g/mol. The van der Waals surface area contributed by atoms with Crippen LogP contribution >= 0.6 is 0 Å². The summed E-state index contributed by atoms with van der Waals surface area (Å²) in [5.41, 5.74) is 14.6. The summed E-state index contributed by atoms with van der Waals surface area (Å²) < 4.78 is 14.9. The monoisotopic (exact) mass is 404 g/mol. The van der Waals surface area contributed by atoms with E-state index in [4.69, 9.17) is 18.0 Å². The first-order valence-electron chi connectivity index (χ1n) is 9.30. The molecule has 2 aromatic carbocycles. The molecule has 0 amide bonds. The third-order valence-corrected chi connectivity index (χ3v) is 4.94. The Kier molecular flexibility index (Phi) is 6.04. The number of nitrogens with two attached hydrogens (primary N) is 2. The molecule has 0 fully saturated rings. The number of nitrogens with one attached hydrogen (secondary N) is 1. The molecule has 8 heteroatoms. The Hall–Kier alpha value is -3.83. The first-order chi connectivity index (χ1) is 14.5. The van der Waals surface area contributed by atoms with Crippen molar-refractivity contribution in [1.82, 2.24) is 10.2 Å². The number of benzene rings is 2. The highest BCUT2D eigenvalue weighted by atomic mass is 19.1. The first-order valence-corrected chi connectivity index (χ1v) is 9.30. The summed E-state index contributed by atoms with van der Waals surface area (Å²) in [5.74, 6) is -0.719. The van der Waals surface area contributed by atoms with Crippen molar-refractivity contribution in [2.24, 2.45) is 16.5 Å². The van der Waals surface area contributed by atoms with Crippen molar-refractivity contribution in [1.29, 1.82) is 0 Å². The van der Waals surface area contributed by atoms with E-state index in [9.17, 15) is 9.18 Å². The highest BCUT2D eigenvalue weighted by Gasteiger charge is 2.20. The lowest BCUT2D eigenvalue weighted by atomic mass is 9.92. The molecule has 3 rings (SSSR count). The average Bonchev–Trinajstić information content (AvgIpc) is 2.76. The molecule has 0 aliphatic heterocycles. The van der Waals surface area contributed by atoms with Gasteiger partial charge in [-0.1, -0.05) is 25.1 Å². The van der Waals surface area contributed by atoms with Gasteiger partial charge in [-0.05, 0) is 29.7 Å². The van der Waals surface area contributed by atoms with Crippen molar-refractivity contribution < 1.29 is 4.39 Å². The number of halogens is 1. The molecule has 5 N–H and O–H groups in total. The van der Waals surface area contributed by atoms with Crippen LogP contribution in [0.3, 0.4) is 0 Å². The van der Waals surface area contributed by atoms with Crippen LogP contribution < -0.4 is 17.0 Å². The van der Waals surface area contributed by atoms with Crippen molar-refractivity contribution in [2.45, 2.75) is 19.9 Å². The Labute approximate surface area is 172 Å². The molecular formula is C22H21FN6O. The van der Waals surface area contributed by atoms with Gasteiger partial charge in [0.1, 0.15) is 5.82 Å². The van der Waals surface area contributed by atoms with E-state index in [0.717, 1.165) is 5.56 Å². The van der Waals surface area contributed by atoms with Crippen LogP contribution in [0.2, 0.25) is 0 Å². The number of H-pyrrole nitrogens is 1. The largest absolute Gasteiger partial charge is 0.404 e. The third kappa shape index (κ3) is 3.47. The minimum Gasteiger partial charge on any atom is -0.404 e. The minimum atomic E-state index is -0.719. The lowest BCUT2D eigenvalue weighted by molar-refractivity contribution is 0.637. The second-order valence-corrected chi connectivity index (χ2v) is 6.52. The standard InChI is InChI=1S/C22H21FN6O/c1-4-12-6-5-7-14(20(12)26-2)21(27-3)16(10-24)13-8-15-18(11-25)28-29-22(30)19(15)17(23)9-13/h5-10H,4,11,24-25H2,1,3H3,(H,29,30)/b16-10-,27-21?. The van der Waals surface area contributed by atoms with E-state index in [1.54, 1.807) is 19.2 Å². The van der Waals surface area contributed by atoms with Crippen LogP contribution in [0.5, 0.6) is 0 Å². The molecule has 0 spiro atoms. The molecule has 0 saturated carbocycles. The summed E-state index contributed by atoms with van der Waals surface area (Å²) in [6, 6.07) is 8.36. The summed E-state index contributed by atoms with van der Waals surface area (Å²) in [5, 5.41) is 6.37. The Balaban J connectivity index is 2.28. The molecule has 152 valence electrons. The van der Waals surface area contributed by atoms with Gasteiger partial charge in [0.2, 0.25) is 0 Å². The van der Waals surface area contributed by atoms with Crippen LogP contribution in [0.4, 0.5) is 10.1 Å². The van der Waals surface area contributed by atoms with Crippen molar-refractivity contribution in [3.63, 3.8) is 0 Å². The third-order valence-electron chi connectivity index (χ3n) is 4.94. The molecule has 0 aliphatic rings. The smallest absolute Gasteiger partial charge is 0.275 e. The van der Waals surface area contributed by atoms with Crippen molar-refractivity contribution in [3.05, 3.63) is 86.5 Å². The number of aliphatic imine (C=N–C) groups is 1. The highest BCUT2D eigenvalue weighted by Crippen LogP contribution is 2.32. The molecule has 0 bridgehead atoms. The lowest BCUT2D eigenvalue weighted by Crippen LogP contribution is -2.15. The fourth-order valence-corrected chi connectivity index (χ4v) is 3.51. The van der Waals surface area contributed by atoms with Gasteiger partial charge in [0.05, 0.1) is 23.4 Å². The van der Waals surface area contributed by atoms with Crippen LogP contribution in [-0.4, -0.2) is 23.0 Å². The zero-order chi connectivity index (χ0) is 21.8. The van der Waals surface area contributed by atoms with Crippen molar-refractivity contribution in [3.8, 4) is 0 Å². The number of fused-ring (bicyclic) bond motifs is 1. The van der Waals surface area contributed by atoms with Crippen LogP contribution in [0.1, 0.15) is 29.3 Å². The second-order valence-electron chi connectivity index (χ2n) is 6.52. The number of allylic oxidation sites excluding steroid dienone is 1. The zero-order valence-corrected chi connectivity index (χ0v) is 16.7. The molecule has 7 nitrogen and oxygen atoms in total. The second kappa shape index (κ2) is 8.68. The van der Waals surface area contributed by atoms with Gasteiger partial charge in [0, 0.05) is 36.3 Å². The quantitative estimate of drug-likeness (QED) is 0.448. The molecule has 0 unspecified atom stereocenters. The molecule has 30 heavy (non-hydrogen) atoms. The summed E-state index contributed by atoms with van der Waals surface area (Å²) in [6.45, 7) is 9.60. The van der Waals surface area contributed by atoms with Crippen LogP contribution in [0.25, 0.3) is 21.2 Å². The molecule has 1 aromatic heterocycles. The Morgan fingerprint density at radius 3 is 2.77 bits per heavy atom. The van der Waals surface area contributed by atoms with Gasteiger partial charge in [-0.25, -0.2) is 14.3 Å². The first kappa shape index (κ1) is 20.9. The van der Waals surface area contributed by atoms with E-state index in [1.807, 2.05) is 19.1 Å². The summed E-state index contributed by atoms with van der Waals surface area (Å²) in [6.07, 6.45) is 2.00. The number of hydrogen-bond donors (Lipinski definition) is 3. The van der Waals surface area contributed by atoms with E-state index in [-0.39, 0.29) is 11.9 Å². The highest BCUT2D eigenvalue weighted by molar-refractivity contribution is 6.33. The number of hydrogen-bond acceptors (Lipinski definition) is 5. The molecule has 1 heterocycles. The number of rotatable bonds is 5. The number of aryl methyl sites for hydroxylation is 1. The number of aromatic nitrogens is 2. The maximum atomic E-state index is 14.9. The summed E-state index contributed by atoms with van der Waals surface area (Å²) in [4.78, 5) is 20.1. The fourth-order valence-electron chi connectivity index (χ4n) is 3.51. The average molecular weight is 404 g/mol. The van der Waals surface area contributed by atoms with E-state index in [1.165, 1.54) is 12.3 Å². The Morgan fingerprint density at radius 1 is 1.40 bits per heavy atom. The van der Waals surface area contributed by atoms with Gasteiger partial charge in [-0.15, -0.1) is 0 Å². The van der Waals surface area contributed by atoms with E-state index >= 15 is 0 Å². The summed E-state index contributed by atoms with van der Waals surface area (Å²) >= 11 is 0. The predicted molar refractivity (Wildman–Crippen MR) is 117 cm³/mol. The number of aromatic amines is 1. The minimum absolute atomic E-state index is 0.0208. The van der Waals surface area contributed by atoms with Crippen molar-refractivity contribution >= 4 is 27.7 Å². The van der Waals surface area contributed by atoms with Gasteiger partial charge in [0.15, 0.2) is 5.69 Å². The summed E-state index contributed by atoms with van der Waals surface area (Å²) in [7, 11) is 1.58. The van der Waals surface area contributed by atoms with Gasteiger partial charge in [-0.2, -0.15) is 5.10 Å². The van der Waals surface area contributed by atoms with Crippen LogP contribution in [0, 0.1) is 12.4 Å². The van der Waals surface area contributed by atoms with Gasteiger partial charge in [-0.3, -0.25) is 9.79 Å². The van der Waals surface area contributed by atoms with E-state index in [2.05, 4.69) is 20.0 Å². The number of nitrogens with zero attached hydrogens (tertiary/aromatic N) is 3. The van der Waals surface area contributed by atoms with Gasteiger partial charge >= 0.3 is 0 Å². The van der Waals surface area contributed by atoms with E-state index < -0.39 is 11.4 Å². The Morgan fingerprint density at radius 2 is 2.17 bits per heavy atom. The predicted octanol–water partition coefficient (Wildman–Crippen LogP) is 3.05. The normalized spacial score (nSPS) is 12.2. The molecule has 3 aromatic rings. The molecule has 0 aliphatic carbocycles. The van der Waals surface area contributed by atoms with Crippen LogP contribution in [0.15, 0.2) is 46.3 Å². The topological polar surface area (TPSA) is 115 Å². The molecule has 0 atom stereocenters. The molecule has 0 radical (unpaired) electrons. The van der Waals surface area contributed by atoms with Crippen molar-refractivity contribution in [2.75, 3.05) is 7.05 Å². The van der Waals surface area contributed by atoms with Gasteiger partial charge < -0.3 is 11.5 Å². The zero-order valence-electron chi connectivity index (χ0n) is 16.7. The lowest BCUT2D eigenvalue weighted by Gasteiger charge is -2.15. The molecule has 0 saturated heterocycles. The van der Waals surface area contributed by atoms with Crippen LogP contribution in [-0.2, 0) is 13.0 Å².